The molecule has 0 bridgehead atoms. The average molecular weight is 435 g/mol. The highest BCUT2D eigenvalue weighted by Gasteiger charge is 2.32. The number of aromatic nitrogens is 1. The third-order valence-electron chi connectivity index (χ3n) is 6.39. The number of aliphatic hydroxyl groups excluding tert-OH is 2. The highest BCUT2D eigenvalue weighted by molar-refractivity contribution is 5.87. The van der Waals surface area contributed by atoms with Gasteiger partial charge in [0, 0.05) is 41.8 Å². The third kappa shape index (κ3) is 4.63. The number of aryl methyl sites for hydroxylation is 1. The molecule has 4 rings (SSSR count). The van der Waals surface area contributed by atoms with Gasteiger partial charge in [-0.15, -0.1) is 0 Å². The molecule has 0 saturated carbocycles. The Hall–Kier alpha value is -2.93. The van der Waals surface area contributed by atoms with Crippen LogP contribution >= 0.6 is 0 Å². The summed E-state index contributed by atoms with van der Waals surface area (Å²) in [6.07, 6.45) is 7.77. The number of carbonyl (C=O) groups is 1. The summed E-state index contributed by atoms with van der Waals surface area (Å²) in [5, 5.41) is 21.3. The van der Waals surface area contributed by atoms with Crippen LogP contribution in [0.15, 0.2) is 54.7 Å². The number of H-pyrrole nitrogens is 1. The number of carbonyl (C=O) groups excluding carboxylic acids is 1. The first-order valence-corrected chi connectivity index (χ1v) is 11.1. The molecule has 0 aliphatic heterocycles. The summed E-state index contributed by atoms with van der Waals surface area (Å²) in [6.45, 7) is 0.559. The van der Waals surface area contributed by atoms with Crippen molar-refractivity contribution in [2.75, 3.05) is 26.9 Å². The molecule has 1 aliphatic rings. The lowest BCUT2D eigenvalue weighted by Gasteiger charge is -2.35. The van der Waals surface area contributed by atoms with Crippen molar-refractivity contribution in [2.24, 2.45) is 0 Å². The van der Waals surface area contributed by atoms with Crippen molar-refractivity contribution in [3.63, 3.8) is 0 Å². The molecule has 0 amide bonds. The molecule has 1 aromatic heterocycles. The number of aromatic amines is 1. The lowest BCUT2D eigenvalue weighted by Crippen LogP contribution is -2.43. The number of methoxy groups -OCH3 is 1. The molecule has 2 atom stereocenters. The first kappa shape index (κ1) is 22.3. The van der Waals surface area contributed by atoms with Crippen molar-refractivity contribution in [1.29, 1.82) is 0 Å². The van der Waals surface area contributed by atoms with Gasteiger partial charge in [0.1, 0.15) is 0 Å². The minimum atomic E-state index is -0.374. The van der Waals surface area contributed by atoms with E-state index in [2.05, 4.69) is 38.9 Å². The second-order valence-corrected chi connectivity index (χ2v) is 8.23. The Morgan fingerprint density at radius 1 is 1.28 bits per heavy atom. The molecular formula is C26H30N2O4. The molecule has 6 nitrogen and oxygen atoms in total. The number of esters is 1. The van der Waals surface area contributed by atoms with Crippen molar-refractivity contribution < 1.29 is 19.7 Å². The van der Waals surface area contributed by atoms with Crippen molar-refractivity contribution in [1.82, 2.24) is 9.88 Å². The van der Waals surface area contributed by atoms with Gasteiger partial charge in [-0.3, -0.25) is 4.90 Å². The summed E-state index contributed by atoms with van der Waals surface area (Å²) < 4.78 is 4.67. The molecule has 0 radical (unpaired) electrons. The zero-order chi connectivity index (χ0) is 22.5. The van der Waals surface area contributed by atoms with E-state index in [-0.39, 0.29) is 31.3 Å². The molecule has 1 aliphatic carbocycles. The van der Waals surface area contributed by atoms with Crippen LogP contribution in [0.4, 0.5) is 0 Å². The predicted octanol–water partition coefficient (Wildman–Crippen LogP) is 3.24. The second-order valence-electron chi connectivity index (χ2n) is 8.23. The van der Waals surface area contributed by atoms with Crippen LogP contribution in [0.3, 0.4) is 0 Å². The van der Waals surface area contributed by atoms with Gasteiger partial charge in [0.25, 0.3) is 0 Å². The number of hydrogen-bond donors (Lipinski definition) is 3. The summed E-state index contributed by atoms with van der Waals surface area (Å²) in [4.78, 5) is 16.9. The van der Waals surface area contributed by atoms with Crippen LogP contribution in [0, 0.1) is 0 Å². The number of nitrogens with one attached hydrogen (secondary N) is 1. The molecule has 168 valence electrons. The van der Waals surface area contributed by atoms with Gasteiger partial charge in [-0.25, -0.2) is 4.79 Å². The number of benzene rings is 2. The zero-order valence-corrected chi connectivity index (χ0v) is 18.3. The van der Waals surface area contributed by atoms with E-state index in [4.69, 9.17) is 0 Å². The van der Waals surface area contributed by atoms with Crippen molar-refractivity contribution in [3.05, 3.63) is 77.0 Å². The Morgan fingerprint density at radius 2 is 2.12 bits per heavy atom. The standard InChI is InChI=1S/C26H30N2O4/c1-32-26(31)11-7-18-6-9-23-19(14-18)8-10-25(23)28(12-13-29)21(17-30)15-20-16-27-24-5-3-2-4-22(20)24/h2-7,9,11,14,16,21,25,27,29-30H,8,10,12-13,15,17H2,1H3/t21-,25+/m0/s1. The van der Waals surface area contributed by atoms with Crippen LogP contribution in [0.5, 0.6) is 0 Å². The molecule has 1 heterocycles. The van der Waals surface area contributed by atoms with E-state index >= 15 is 0 Å². The maximum atomic E-state index is 11.4. The molecule has 0 saturated heterocycles. The molecule has 3 N–H and O–H groups in total. The van der Waals surface area contributed by atoms with Gasteiger partial charge >= 0.3 is 5.97 Å². The van der Waals surface area contributed by atoms with Gasteiger partial charge in [0.05, 0.1) is 20.3 Å². The Balaban J connectivity index is 1.57. The molecule has 3 aromatic rings. The number of aliphatic hydroxyl groups is 2. The first-order valence-electron chi connectivity index (χ1n) is 11.1. The quantitative estimate of drug-likeness (QED) is 0.356. The monoisotopic (exact) mass is 434 g/mol. The SMILES string of the molecule is COC(=O)C=Cc1ccc2c(c1)CC[C@H]2N(CCO)[C@H](CO)Cc1c[nH]c2ccccc12. The summed E-state index contributed by atoms with van der Waals surface area (Å²) in [5.41, 5.74) is 5.69. The first-order chi connectivity index (χ1) is 15.6. The minimum Gasteiger partial charge on any atom is -0.466 e. The van der Waals surface area contributed by atoms with Crippen LogP contribution in [0.25, 0.3) is 17.0 Å². The molecule has 0 spiro atoms. The number of nitrogens with zero attached hydrogens (tertiary/aromatic N) is 1. The van der Waals surface area contributed by atoms with Gasteiger partial charge < -0.3 is 19.9 Å². The lowest BCUT2D eigenvalue weighted by atomic mass is 9.99. The summed E-state index contributed by atoms with van der Waals surface area (Å²) in [6, 6.07) is 14.4. The largest absolute Gasteiger partial charge is 0.466 e. The van der Waals surface area contributed by atoms with E-state index in [0.717, 1.165) is 23.9 Å². The predicted molar refractivity (Wildman–Crippen MR) is 125 cm³/mol. The molecule has 0 fully saturated rings. The Morgan fingerprint density at radius 3 is 2.91 bits per heavy atom. The van der Waals surface area contributed by atoms with Crippen LogP contribution in [0.2, 0.25) is 0 Å². The van der Waals surface area contributed by atoms with Crippen molar-refractivity contribution in [3.8, 4) is 0 Å². The minimum absolute atomic E-state index is 0.0191. The van der Waals surface area contributed by atoms with Crippen LogP contribution in [0.1, 0.15) is 34.7 Å². The number of hydrogen-bond acceptors (Lipinski definition) is 5. The molecule has 6 heteroatoms. The lowest BCUT2D eigenvalue weighted by molar-refractivity contribution is -0.134. The van der Waals surface area contributed by atoms with E-state index in [9.17, 15) is 15.0 Å². The fourth-order valence-electron chi connectivity index (χ4n) is 4.84. The maximum absolute atomic E-state index is 11.4. The number of fused-ring (bicyclic) bond motifs is 2. The molecular weight excluding hydrogens is 404 g/mol. The summed E-state index contributed by atoms with van der Waals surface area (Å²) >= 11 is 0. The van der Waals surface area contributed by atoms with E-state index in [1.54, 1.807) is 6.08 Å². The summed E-state index contributed by atoms with van der Waals surface area (Å²) in [5.74, 6) is -0.374. The van der Waals surface area contributed by atoms with Crippen molar-refractivity contribution >= 4 is 22.9 Å². The Bertz CT molecular complexity index is 1100. The smallest absolute Gasteiger partial charge is 0.330 e. The van der Waals surface area contributed by atoms with E-state index in [1.165, 1.54) is 35.3 Å². The van der Waals surface area contributed by atoms with E-state index in [1.807, 2.05) is 24.4 Å². The average Bonchev–Trinajstić information content (AvgIpc) is 3.43. The normalized spacial score (nSPS) is 16.7. The van der Waals surface area contributed by atoms with Gasteiger partial charge in [0.2, 0.25) is 0 Å². The second kappa shape index (κ2) is 10.1. The highest BCUT2D eigenvalue weighted by atomic mass is 16.5. The maximum Gasteiger partial charge on any atom is 0.330 e. The number of para-hydroxylation sites is 1. The van der Waals surface area contributed by atoms with E-state index < -0.39 is 0 Å². The van der Waals surface area contributed by atoms with Crippen LogP contribution < -0.4 is 0 Å². The van der Waals surface area contributed by atoms with E-state index in [0.29, 0.717) is 13.0 Å². The van der Waals surface area contributed by atoms with Crippen LogP contribution in [-0.2, 0) is 22.4 Å². The molecule has 32 heavy (non-hydrogen) atoms. The van der Waals surface area contributed by atoms with Gasteiger partial charge in [-0.1, -0.05) is 36.4 Å². The van der Waals surface area contributed by atoms with Gasteiger partial charge in [-0.05, 0) is 53.7 Å². The third-order valence-corrected chi connectivity index (χ3v) is 6.39. The van der Waals surface area contributed by atoms with Crippen LogP contribution in [-0.4, -0.2) is 59.0 Å². The fraction of sp³-hybridized carbons (Fsp3) is 0.346. The topological polar surface area (TPSA) is 85.8 Å². The zero-order valence-electron chi connectivity index (χ0n) is 18.3. The Kier molecular flexibility index (Phi) is 7.05. The highest BCUT2D eigenvalue weighted by Crippen LogP contribution is 2.38. The van der Waals surface area contributed by atoms with Crippen molar-refractivity contribution in [2.45, 2.75) is 31.3 Å². The number of ether oxygens (including phenoxy) is 1. The van der Waals surface area contributed by atoms with Gasteiger partial charge in [-0.2, -0.15) is 0 Å². The fourth-order valence-corrected chi connectivity index (χ4v) is 4.84. The summed E-state index contributed by atoms with van der Waals surface area (Å²) in [7, 11) is 1.36. The molecule has 0 unspecified atom stereocenters. The van der Waals surface area contributed by atoms with Gasteiger partial charge in [0.15, 0.2) is 0 Å². The molecule has 2 aromatic carbocycles. The Labute approximate surface area is 188 Å². The number of rotatable bonds is 9.